The van der Waals surface area contributed by atoms with Crippen LogP contribution in [0.5, 0.6) is 0 Å². The number of aryl methyl sites for hydroxylation is 2. The minimum Gasteiger partial charge on any atom is -0.381 e. The van der Waals surface area contributed by atoms with Crippen molar-refractivity contribution in [1.82, 2.24) is 20.0 Å². The number of hydrogen-bond donors (Lipinski definition) is 1. The number of hydrogen-bond acceptors (Lipinski definition) is 5. The van der Waals surface area contributed by atoms with Crippen LogP contribution >= 0.6 is 0 Å². The average molecular weight is 618 g/mol. The molecule has 4 aliphatic rings. The maximum atomic E-state index is 14.8. The minimum atomic E-state index is -2.60. The fourth-order valence-electron chi connectivity index (χ4n) is 7.84. The lowest BCUT2D eigenvalue weighted by molar-refractivity contribution is -0.129. The molecule has 0 radical (unpaired) electrons. The van der Waals surface area contributed by atoms with E-state index in [0.717, 1.165) is 85.7 Å². The normalized spacial score (nSPS) is 19.6. The van der Waals surface area contributed by atoms with Crippen molar-refractivity contribution in [2.45, 2.75) is 83.7 Å². The Labute approximate surface area is 264 Å². The number of alkyl halides is 2. The van der Waals surface area contributed by atoms with E-state index >= 15 is 0 Å². The zero-order valence-corrected chi connectivity index (χ0v) is 26.4. The van der Waals surface area contributed by atoms with Crippen molar-refractivity contribution in [2.24, 2.45) is 5.92 Å². The summed E-state index contributed by atoms with van der Waals surface area (Å²) in [4.78, 5) is 16.4. The van der Waals surface area contributed by atoms with Gasteiger partial charge in [0.05, 0.1) is 12.6 Å². The molecule has 1 amide bonds. The monoisotopic (exact) mass is 617 g/mol. The number of carbonyl (C=O) groups excluding carboxylic acids is 1. The third kappa shape index (κ3) is 6.26. The molecule has 2 saturated heterocycles. The molecule has 9 heteroatoms. The number of anilines is 2. The zero-order chi connectivity index (χ0) is 30.9. The lowest BCUT2D eigenvalue weighted by Crippen LogP contribution is -2.36. The van der Waals surface area contributed by atoms with E-state index < -0.39 is 6.43 Å². The molecule has 0 aliphatic carbocycles. The zero-order valence-electron chi connectivity index (χ0n) is 26.4. The molecule has 2 fully saturated rings. The highest BCUT2D eigenvalue weighted by atomic mass is 19.3. The van der Waals surface area contributed by atoms with E-state index in [0.29, 0.717) is 38.4 Å². The number of piperidine rings is 1. The van der Waals surface area contributed by atoms with E-state index in [1.54, 1.807) is 13.0 Å². The molecule has 0 unspecified atom stereocenters. The van der Waals surface area contributed by atoms with Gasteiger partial charge in [-0.25, -0.2) is 8.78 Å². The fourth-order valence-corrected chi connectivity index (χ4v) is 7.84. The van der Waals surface area contributed by atoms with Crippen LogP contribution in [0.1, 0.15) is 85.9 Å². The molecule has 5 heterocycles. The molecular weight excluding hydrogens is 572 g/mol. The van der Waals surface area contributed by atoms with Crippen LogP contribution in [0.15, 0.2) is 36.4 Å². The second-order valence-corrected chi connectivity index (χ2v) is 13.3. The Hall–Kier alpha value is -3.30. The number of nitrogens with zero attached hydrogens (tertiary/aromatic N) is 4. The molecule has 2 aromatic carbocycles. The first kappa shape index (κ1) is 30.4. The number of rotatable bonds is 7. The summed E-state index contributed by atoms with van der Waals surface area (Å²) in [6.45, 7) is 7.11. The smallest absolute Gasteiger partial charge is 0.264 e. The molecule has 0 bridgehead atoms. The van der Waals surface area contributed by atoms with Gasteiger partial charge in [-0.3, -0.25) is 9.48 Å². The van der Waals surface area contributed by atoms with Gasteiger partial charge in [-0.05, 0) is 105 Å². The highest BCUT2D eigenvalue weighted by Crippen LogP contribution is 2.43. The van der Waals surface area contributed by atoms with Crippen molar-refractivity contribution in [3.8, 4) is 11.1 Å². The van der Waals surface area contributed by atoms with Gasteiger partial charge in [-0.1, -0.05) is 24.3 Å². The number of ether oxygens (including phenoxy) is 1. The number of carbonyl (C=O) groups is 1. The van der Waals surface area contributed by atoms with Crippen LogP contribution in [0.3, 0.4) is 0 Å². The summed E-state index contributed by atoms with van der Waals surface area (Å²) in [5, 5.41) is 8.64. The van der Waals surface area contributed by atoms with E-state index in [2.05, 4.69) is 27.0 Å². The van der Waals surface area contributed by atoms with Gasteiger partial charge in [0, 0.05) is 62.2 Å². The highest BCUT2D eigenvalue weighted by molar-refractivity contribution is 5.78. The van der Waals surface area contributed by atoms with Crippen LogP contribution in [0, 0.1) is 5.92 Å². The Kier molecular flexibility index (Phi) is 8.91. The highest BCUT2D eigenvalue weighted by Gasteiger charge is 2.34. The SMILES string of the molecule is CC(=O)N1CCc2c(c(N3CCCc4cc(-c5ccc(CCC6CCNCC6)cc5)c(C(F)F)cc43)nn2C2CCOCC2)C1. The number of benzene rings is 2. The first-order valence-corrected chi connectivity index (χ1v) is 16.9. The summed E-state index contributed by atoms with van der Waals surface area (Å²) in [6.07, 6.45) is 6.35. The first-order valence-electron chi connectivity index (χ1n) is 16.9. The second kappa shape index (κ2) is 13.2. The van der Waals surface area contributed by atoms with E-state index in [9.17, 15) is 13.6 Å². The van der Waals surface area contributed by atoms with Gasteiger partial charge in [0.1, 0.15) is 0 Å². The molecular formula is C36H45F2N5O2. The third-order valence-electron chi connectivity index (χ3n) is 10.5. The van der Waals surface area contributed by atoms with Gasteiger partial charge in [-0.15, -0.1) is 0 Å². The third-order valence-corrected chi connectivity index (χ3v) is 10.5. The van der Waals surface area contributed by atoms with Crippen LogP contribution in [-0.4, -0.2) is 60.0 Å². The van der Waals surface area contributed by atoms with Gasteiger partial charge in [-0.2, -0.15) is 5.10 Å². The first-order chi connectivity index (χ1) is 22.0. The molecule has 7 rings (SSSR count). The Bertz CT molecular complexity index is 1510. The molecule has 4 aliphatic heterocycles. The summed E-state index contributed by atoms with van der Waals surface area (Å²) in [5.41, 5.74) is 6.91. The number of halogens is 2. The van der Waals surface area contributed by atoms with E-state index in [1.165, 1.54) is 30.5 Å². The molecule has 0 saturated carbocycles. The molecule has 1 aromatic heterocycles. The van der Waals surface area contributed by atoms with Crippen LogP contribution in [-0.2, 0) is 35.3 Å². The molecule has 240 valence electrons. The molecule has 45 heavy (non-hydrogen) atoms. The quantitative estimate of drug-likeness (QED) is 0.318. The van der Waals surface area contributed by atoms with Crippen molar-refractivity contribution in [2.75, 3.05) is 44.3 Å². The summed E-state index contributed by atoms with van der Waals surface area (Å²) in [7, 11) is 0. The van der Waals surface area contributed by atoms with Gasteiger partial charge in [0.2, 0.25) is 5.91 Å². The van der Waals surface area contributed by atoms with Crippen LogP contribution < -0.4 is 10.2 Å². The maximum absolute atomic E-state index is 14.8. The van der Waals surface area contributed by atoms with E-state index in [1.807, 2.05) is 23.1 Å². The van der Waals surface area contributed by atoms with Crippen molar-refractivity contribution < 1.29 is 18.3 Å². The van der Waals surface area contributed by atoms with Gasteiger partial charge in [0.25, 0.3) is 6.43 Å². The van der Waals surface area contributed by atoms with Crippen LogP contribution in [0.4, 0.5) is 20.3 Å². The summed E-state index contributed by atoms with van der Waals surface area (Å²) in [6, 6.07) is 12.2. The minimum absolute atomic E-state index is 0.0476. The predicted octanol–water partition coefficient (Wildman–Crippen LogP) is 6.76. The summed E-state index contributed by atoms with van der Waals surface area (Å²) in [5.74, 6) is 1.63. The number of aromatic nitrogens is 2. The maximum Gasteiger partial charge on any atom is 0.264 e. The number of nitrogens with one attached hydrogen (secondary N) is 1. The number of fused-ring (bicyclic) bond motifs is 2. The van der Waals surface area contributed by atoms with E-state index in [-0.39, 0.29) is 17.5 Å². The molecule has 0 spiro atoms. The standard InChI is InChI=1S/C36H45F2N5O2/c1-24(44)41-18-12-33-32(23-41)36(40-43(33)29-13-19-45-20-14-29)42-17-2-3-28-21-30(31(35(37)38)22-34(28)42)27-8-6-25(7-9-27)4-5-26-10-15-39-16-11-26/h6-9,21-22,26,29,35,39H,2-5,10-20,23H2,1H3. The molecule has 1 N–H and O–H groups in total. The van der Waals surface area contributed by atoms with Crippen molar-refractivity contribution >= 4 is 17.4 Å². The Balaban J connectivity index is 1.21. The lowest BCUT2D eigenvalue weighted by Gasteiger charge is -2.33. The Morgan fingerprint density at radius 2 is 1.82 bits per heavy atom. The summed E-state index contributed by atoms with van der Waals surface area (Å²) < 4.78 is 37.4. The molecule has 3 aromatic rings. The van der Waals surface area contributed by atoms with Crippen molar-refractivity contribution in [3.05, 3.63) is 64.3 Å². The Morgan fingerprint density at radius 3 is 2.56 bits per heavy atom. The van der Waals surface area contributed by atoms with E-state index in [4.69, 9.17) is 9.84 Å². The Morgan fingerprint density at radius 1 is 1.04 bits per heavy atom. The topological polar surface area (TPSA) is 62.6 Å². The van der Waals surface area contributed by atoms with Gasteiger partial charge in [0.15, 0.2) is 5.82 Å². The van der Waals surface area contributed by atoms with Crippen LogP contribution in [0.2, 0.25) is 0 Å². The second-order valence-electron chi connectivity index (χ2n) is 13.3. The lowest BCUT2D eigenvalue weighted by atomic mass is 9.89. The number of amides is 1. The van der Waals surface area contributed by atoms with Crippen molar-refractivity contribution in [3.63, 3.8) is 0 Å². The molecule has 7 nitrogen and oxygen atoms in total. The largest absolute Gasteiger partial charge is 0.381 e. The average Bonchev–Trinajstić information content (AvgIpc) is 3.46. The van der Waals surface area contributed by atoms with Gasteiger partial charge >= 0.3 is 0 Å². The summed E-state index contributed by atoms with van der Waals surface area (Å²) >= 11 is 0. The van der Waals surface area contributed by atoms with Gasteiger partial charge < -0.3 is 19.9 Å². The van der Waals surface area contributed by atoms with Crippen molar-refractivity contribution in [1.29, 1.82) is 0 Å². The predicted molar refractivity (Wildman–Crippen MR) is 172 cm³/mol. The molecule has 0 atom stereocenters. The van der Waals surface area contributed by atoms with Crippen LogP contribution in [0.25, 0.3) is 11.1 Å². The fraction of sp³-hybridized carbons (Fsp3) is 0.556.